The Morgan fingerprint density at radius 1 is 1.11 bits per heavy atom. The summed E-state index contributed by atoms with van der Waals surface area (Å²) in [6.07, 6.45) is 0. The minimum absolute atomic E-state index is 0. The number of hydrogen-bond acceptors (Lipinski definition) is 5. The fourth-order valence-electron chi connectivity index (χ4n) is 0. The molecule has 9 heteroatoms. The minimum Gasteiger partial charge on any atom is -0.598 e. The van der Waals surface area contributed by atoms with Gasteiger partial charge >= 0.3 is 28.0 Å². The van der Waals surface area contributed by atoms with Crippen LogP contribution >= 0.6 is 16.5 Å². The Morgan fingerprint density at radius 3 is 1.11 bits per heavy atom. The first kappa shape index (κ1) is 16.3. The van der Waals surface area contributed by atoms with Crippen LogP contribution in [0.4, 0.5) is 0 Å². The summed E-state index contributed by atoms with van der Waals surface area (Å²) in [6.45, 7) is 0. The van der Waals surface area contributed by atoms with E-state index in [2.05, 4.69) is 0 Å². The molecule has 0 fully saturated rings. The first-order valence-electron chi connectivity index (χ1n) is 1.11. The molecule has 0 saturated carbocycles. The maximum Gasteiger partial charge on any atom is 3.00 e. The van der Waals surface area contributed by atoms with E-state index >= 15 is 0 Å². The van der Waals surface area contributed by atoms with Crippen molar-refractivity contribution in [2.24, 2.45) is 0 Å². The van der Waals surface area contributed by atoms with Crippen LogP contribution in [0.15, 0.2) is 0 Å². The van der Waals surface area contributed by atoms with Crippen molar-refractivity contribution in [2.75, 3.05) is 0 Å². The van der Waals surface area contributed by atoms with E-state index in [0.29, 0.717) is 0 Å². The van der Waals surface area contributed by atoms with Gasteiger partial charge in [-0.25, -0.2) is 0 Å². The van der Waals surface area contributed by atoms with Crippen LogP contribution in [0.1, 0.15) is 0 Å². The standard InChI is InChI=1S/Ga.2HO3P/c;2*1-4(2)3/h;2*(H,1,2,3)/q+3;;/p-1. The van der Waals surface area contributed by atoms with Crippen molar-refractivity contribution < 1.29 is 28.7 Å². The molecule has 0 rings (SSSR count). The second kappa shape index (κ2) is 11.5. The summed E-state index contributed by atoms with van der Waals surface area (Å²) in [5.41, 5.74) is 0. The summed E-state index contributed by atoms with van der Waals surface area (Å²) >= 11 is 0. The van der Waals surface area contributed by atoms with Gasteiger partial charge in [0.1, 0.15) is 0 Å². The molecule has 0 aromatic rings. The summed E-state index contributed by atoms with van der Waals surface area (Å²) in [5, 5.41) is 0. The minimum atomic E-state index is -3.37. The zero-order valence-corrected chi connectivity index (χ0v) is 8.17. The van der Waals surface area contributed by atoms with Gasteiger partial charge in [-0.05, 0) is 4.57 Å². The molecule has 0 radical (unpaired) electrons. The Bertz CT molecular complexity index is 69.1. The smallest absolute Gasteiger partial charge is 0.598 e. The Hall–Kier alpha value is 0.676. The zero-order chi connectivity index (χ0) is 7.15. The molecule has 6 nitrogen and oxygen atoms in total. The third-order valence-electron chi connectivity index (χ3n) is 0. The van der Waals surface area contributed by atoms with Gasteiger partial charge in [0.2, 0.25) is 0 Å². The summed E-state index contributed by atoms with van der Waals surface area (Å²) < 4.78 is 17.1. The van der Waals surface area contributed by atoms with Crippen molar-refractivity contribution >= 4 is 36.3 Å². The summed E-state index contributed by atoms with van der Waals surface area (Å²) in [6, 6.07) is 0. The third kappa shape index (κ3) is 845. The van der Waals surface area contributed by atoms with Gasteiger partial charge in [-0.1, -0.05) is 4.57 Å². The van der Waals surface area contributed by atoms with Gasteiger partial charge in [-0.15, -0.1) is 0 Å². The molecule has 0 aliphatic rings. The molecule has 0 aromatic heterocycles. The summed E-state index contributed by atoms with van der Waals surface area (Å²) in [7, 11) is -6.49. The van der Waals surface area contributed by atoms with Crippen LogP contribution in [0.2, 0.25) is 0 Å². The molecule has 0 spiro atoms. The predicted molar refractivity (Wildman–Crippen MR) is 23.2 cm³/mol. The molecule has 0 aromatic carbocycles. The molecule has 0 aliphatic heterocycles. The molecular weight excluding hydrogens is 228 g/mol. The van der Waals surface area contributed by atoms with Gasteiger partial charge in [-0.2, -0.15) is 4.89 Å². The van der Waals surface area contributed by atoms with Crippen LogP contribution in [0.5, 0.6) is 0 Å². The number of rotatable bonds is 0. The Labute approximate surface area is 65.5 Å². The maximum atomic E-state index is 8.59. The van der Waals surface area contributed by atoms with Crippen LogP contribution in [0, 0.1) is 0 Å². The SMILES string of the molecule is O=[P+]([O-])O.O=[P+]([O-])[O-].[Ga+3]. The predicted octanol–water partition coefficient (Wildman–Crippen LogP) is -3.02. The monoisotopic (exact) mass is 228 g/mol. The van der Waals surface area contributed by atoms with Gasteiger partial charge in [0.15, 0.2) is 0 Å². The molecule has 1 atom stereocenters. The summed E-state index contributed by atoms with van der Waals surface area (Å²) in [4.78, 5) is 32.6. The van der Waals surface area contributed by atoms with Crippen LogP contribution < -0.4 is 14.7 Å². The quantitative estimate of drug-likeness (QED) is 0.348. The summed E-state index contributed by atoms with van der Waals surface area (Å²) in [5.74, 6) is 0. The van der Waals surface area contributed by atoms with Crippen molar-refractivity contribution in [3.05, 3.63) is 0 Å². The van der Waals surface area contributed by atoms with Gasteiger partial charge in [0.05, 0.1) is 0 Å². The molecule has 0 aliphatic carbocycles. The zero-order valence-electron chi connectivity index (χ0n) is 3.96. The van der Waals surface area contributed by atoms with Crippen molar-refractivity contribution in [3.8, 4) is 0 Å². The van der Waals surface area contributed by atoms with E-state index in [-0.39, 0.29) is 19.8 Å². The van der Waals surface area contributed by atoms with Crippen LogP contribution in [0.25, 0.3) is 0 Å². The molecule has 0 saturated heterocycles. The van der Waals surface area contributed by atoms with E-state index < -0.39 is 16.5 Å². The number of hydrogen-bond donors (Lipinski definition) is 1. The second-order valence-electron chi connectivity index (χ2n) is 0.461. The van der Waals surface area contributed by atoms with Gasteiger partial charge < -0.3 is 14.7 Å². The fraction of sp³-hybridized carbons (Fsp3) is 0. The Kier molecular flexibility index (Phi) is 20.8. The first-order valence-corrected chi connectivity index (χ1v) is 3.34. The molecular formula is HGaO6P2+2. The topological polar surface area (TPSA) is 124 Å². The van der Waals surface area contributed by atoms with Crippen molar-refractivity contribution in [1.29, 1.82) is 0 Å². The average molecular weight is 229 g/mol. The fourth-order valence-corrected chi connectivity index (χ4v) is 0. The van der Waals surface area contributed by atoms with Gasteiger partial charge in [0.25, 0.3) is 8.25 Å². The Morgan fingerprint density at radius 2 is 1.11 bits per heavy atom. The van der Waals surface area contributed by atoms with E-state index in [9.17, 15) is 0 Å². The molecule has 0 amide bonds. The maximum absolute atomic E-state index is 8.59. The van der Waals surface area contributed by atoms with Crippen LogP contribution in [0.3, 0.4) is 0 Å². The van der Waals surface area contributed by atoms with Gasteiger partial charge in [0, 0.05) is 0 Å². The van der Waals surface area contributed by atoms with E-state index in [4.69, 9.17) is 28.7 Å². The Balaban J connectivity index is -0.0000000720. The van der Waals surface area contributed by atoms with Crippen molar-refractivity contribution in [1.82, 2.24) is 0 Å². The van der Waals surface area contributed by atoms with E-state index in [1.54, 1.807) is 0 Å². The molecule has 48 valence electrons. The van der Waals surface area contributed by atoms with E-state index in [1.807, 2.05) is 0 Å². The molecule has 1 N–H and O–H groups in total. The molecule has 1 unspecified atom stereocenters. The second-order valence-corrected chi connectivity index (χ2v) is 1.38. The van der Waals surface area contributed by atoms with Gasteiger partial charge in [-0.3, -0.25) is 0 Å². The van der Waals surface area contributed by atoms with Crippen LogP contribution in [-0.2, 0) is 9.13 Å². The third-order valence-corrected chi connectivity index (χ3v) is 0. The van der Waals surface area contributed by atoms with Crippen molar-refractivity contribution in [2.45, 2.75) is 0 Å². The first-order chi connectivity index (χ1) is 3.46. The van der Waals surface area contributed by atoms with E-state index in [0.717, 1.165) is 0 Å². The van der Waals surface area contributed by atoms with Crippen LogP contribution in [-0.4, -0.2) is 24.7 Å². The average Bonchev–Trinajstić information content (AvgIpc) is 1.25. The normalized spacial score (nSPS) is 7.78. The van der Waals surface area contributed by atoms with E-state index in [1.165, 1.54) is 0 Å². The van der Waals surface area contributed by atoms with Crippen molar-refractivity contribution in [3.63, 3.8) is 0 Å². The molecule has 9 heavy (non-hydrogen) atoms. The molecule has 0 heterocycles. The molecule has 0 bridgehead atoms. The largest absolute Gasteiger partial charge is 3.00 e.